The van der Waals surface area contributed by atoms with Gasteiger partial charge in [0.1, 0.15) is 0 Å². The lowest BCUT2D eigenvalue weighted by Gasteiger charge is -2.17. The molecule has 15 heavy (non-hydrogen) atoms. The molecular formula is C9H18O5S. The first-order valence-electron chi connectivity index (χ1n) is 4.79. The Morgan fingerprint density at radius 2 is 1.87 bits per heavy atom. The summed E-state index contributed by atoms with van der Waals surface area (Å²) in [5.74, 6) is -0.985. The van der Waals surface area contributed by atoms with Crippen LogP contribution in [0.5, 0.6) is 0 Å². The summed E-state index contributed by atoms with van der Waals surface area (Å²) in [6, 6.07) is 0. The molecule has 0 bridgehead atoms. The first-order chi connectivity index (χ1) is 6.78. The minimum Gasteiger partial charge on any atom is -0.466 e. The zero-order chi connectivity index (χ0) is 12.1. The summed E-state index contributed by atoms with van der Waals surface area (Å²) in [4.78, 5) is 11.4. The molecule has 1 atom stereocenters. The minimum atomic E-state index is -3.51. The number of rotatable bonds is 6. The standard InChI is InChI=1S/C9H18O5S/c1-5-13-9(10)8(7(2)3)6-14-15(4,11)12/h7-8H,5-6H2,1-4H3. The normalized spacial score (nSPS) is 13.9. The summed E-state index contributed by atoms with van der Waals surface area (Å²) in [5.41, 5.74) is 0. The van der Waals surface area contributed by atoms with Gasteiger partial charge in [0, 0.05) is 0 Å². The van der Waals surface area contributed by atoms with E-state index >= 15 is 0 Å². The van der Waals surface area contributed by atoms with Gasteiger partial charge in [-0.2, -0.15) is 8.42 Å². The van der Waals surface area contributed by atoms with E-state index < -0.39 is 22.0 Å². The van der Waals surface area contributed by atoms with Gasteiger partial charge >= 0.3 is 5.97 Å². The van der Waals surface area contributed by atoms with E-state index in [4.69, 9.17) is 4.74 Å². The van der Waals surface area contributed by atoms with Crippen molar-refractivity contribution in [2.75, 3.05) is 19.5 Å². The Bertz CT molecular complexity index is 294. The van der Waals surface area contributed by atoms with E-state index in [1.807, 2.05) is 13.8 Å². The van der Waals surface area contributed by atoms with Gasteiger partial charge in [0.05, 0.1) is 25.4 Å². The van der Waals surface area contributed by atoms with E-state index in [0.717, 1.165) is 6.26 Å². The average Bonchev–Trinajstić information content (AvgIpc) is 2.01. The summed E-state index contributed by atoms with van der Waals surface area (Å²) in [6.07, 6.45) is 0.954. The Hall–Kier alpha value is -0.620. The Kier molecular flexibility index (Phi) is 5.82. The van der Waals surface area contributed by atoms with Crippen LogP contribution in [0.3, 0.4) is 0 Å². The van der Waals surface area contributed by atoms with Crippen LogP contribution in [0.15, 0.2) is 0 Å². The van der Waals surface area contributed by atoms with Gasteiger partial charge in [-0.05, 0) is 12.8 Å². The van der Waals surface area contributed by atoms with E-state index in [9.17, 15) is 13.2 Å². The highest BCUT2D eigenvalue weighted by molar-refractivity contribution is 7.85. The molecule has 0 aromatic rings. The number of hydrogen-bond donors (Lipinski definition) is 0. The van der Waals surface area contributed by atoms with Crippen molar-refractivity contribution < 1.29 is 22.1 Å². The lowest BCUT2D eigenvalue weighted by Crippen LogP contribution is -2.28. The summed E-state index contributed by atoms with van der Waals surface area (Å²) < 4.78 is 30.9. The van der Waals surface area contributed by atoms with Crippen molar-refractivity contribution >= 4 is 16.1 Å². The van der Waals surface area contributed by atoms with Crippen LogP contribution in [0.2, 0.25) is 0 Å². The topological polar surface area (TPSA) is 69.7 Å². The van der Waals surface area contributed by atoms with E-state index in [1.54, 1.807) is 6.92 Å². The molecule has 90 valence electrons. The van der Waals surface area contributed by atoms with Gasteiger partial charge in [0.15, 0.2) is 0 Å². The molecule has 0 spiro atoms. The van der Waals surface area contributed by atoms with Gasteiger partial charge in [-0.15, -0.1) is 0 Å². The number of carbonyl (C=O) groups excluding carboxylic acids is 1. The molecular weight excluding hydrogens is 220 g/mol. The van der Waals surface area contributed by atoms with Crippen LogP contribution in [0.25, 0.3) is 0 Å². The second-order valence-electron chi connectivity index (χ2n) is 3.59. The fourth-order valence-electron chi connectivity index (χ4n) is 0.979. The summed E-state index contributed by atoms with van der Waals surface area (Å²) in [7, 11) is -3.51. The SMILES string of the molecule is CCOC(=O)C(COS(C)(=O)=O)C(C)C. The highest BCUT2D eigenvalue weighted by Crippen LogP contribution is 2.14. The van der Waals surface area contributed by atoms with Gasteiger partial charge in [-0.1, -0.05) is 13.8 Å². The lowest BCUT2D eigenvalue weighted by atomic mass is 9.97. The Balaban J connectivity index is 4.35. The van der Waals surface area contributed by atoms with Crippen LogP contribution < -0.4 is 0 Å². The molecule has 0 saturated carbocycles. The van der Waals surface area contributed by atoms with E-state index in [0.29, 0.717) is 0 Å². The van der Waals surface area contributed by atoms with Crippen molar-refractivity contribution in [2.24, 2.45) is 11.8 Å². The maximum absolute atomic E-state index is 11.4. The molecule has 0 radical (unpaired) electrons. The molecule has 0 amide bonds. The van der Waals surface area contributed by atoms with Crippen LogP contribution in [-0.2, 0) is 23.8 Å². The van der Waals surface area contributed by atoms with Crippen molar-refractivity contribution in [3.05, 3.63) is 0 Å². The number of ether oxygens (including phenoxy) is 1. The van der Waals surface area contributed by atoms with Crippen molar-refractivity contribution in [3.63, 3.8) is 0 Å². The first-order valence-corrected chi connectivity index (χ1v) is 6.60. The predicted octanol–water partition coefficient (Wildman–Crippen LogP) is 0.798. The van der Waals surface area contributed by atoms with Crippen molar-refractivity contribution in [2.45, 2.75) is 20.8 Å². The Morgan fingerprint density at radius 3 is 2.20 bits per heavy atom. The highest BCUT2D eigenvalue weighted by Gasteiger charge is 2.25. The maximum Gasteiger partial charge on any atom is 0.311 e. The molecule has 0 aromatic carbocycles. The van der Waals surface area contributed by atoms with E-state index in [-0.39, 0.29) is 19.1 Å². The average molecular weight is 238 g/mol. The third kappa shape index (κ3) is 6.46. The van der Waals surface area contributed by atoms with Gasteiger partial charge in [0.25, 0.3) is 10.1 Å². The fraction of sp³-hybridized carbons (Fsp3) is 0.889. The van der Waals surface area contributed by atoms with Gasteiger partial charge in [-0.3, -0.25) is 8.98 Å². The van der Waals surface area contributed by atoms with E-state index in [2.05, 4.69) is 4.18 Å². The zero-order valence-electron chi connectivity index (χ0n) is 9.52. The monoisotopic (exact) mass is 238 g/mol. The number of esters is 1. The molecule has 0 aromatic heterocycles. The largest absolute Gasteiger partial charge is 0.466 e. The molecule has 0 fully saturated rings. The van der Waals surface area contributed by atoms with Crippen LogP contribution in [-0.4, -0.2) is 33.9 Å². The van der Waals surface area contributed by atoms with Crippen molar-refractivity contribution in [1.82, 2.24) is 0 Å². The van der Waals surface area contributed by atoms with Crippen LogP contribution in [0.4, 0.5) is 0 Å². The van der Waals surface area contributed by atoms with Crippen molar-refractivity contribution in [1.29, 1.82) is 0 Å². The molecule has 6 heteroatoms. The summed E-state index contributed by atoms with van der Waals surface area (Å²) in [5, 5.41) is 0. The summed E-state index contributed by atoms with van der Waals surface area (Å²) in [6.45, 7) is 5.45. The molecule has 1 unspecified atom stereocenters. The van der Waals surface area contributed by atoms with E-state index in [1.165, 1.54) is 0 Å². The summed E-state index contributed by atoms with van der Waals surface area (Å²) >= 11 is 0. The smallest absolute Gasteiger partial charge is 0.311 e. The lowest BCUT2D eigenvalue weighted by molar-refractivity contribution is -0.150. The zero-order valence-corrected chi connectivity index (χ0v) is 10.3. The molecule has 5 nitrogen and oxygen atoms in total. The van der Waals surface area contributed by atoms with Crippen LogP contribution in [0.1, 0.15) is 20.8 Å². The highest BCUT2D eigenvalue weighted by atomic mass is 32.2. The molecule has 0 aliphatic rings. The molecule has 0 heterocycles. The first kappa shape index (κ1) is 14.4. The maximum atomic E-state index is 11.4. The van der Waals surface area contributed by atoms with Crippen molar-refractivity contribution in [3.8, 4) is 0 Å². The Morgan fingerprint density at radius 1 is 1.33 bits per heavy atom. The van der Waals surface area contributed by atoms with Gasteiger partial charge in [-0.25, -0.2) is 0 Å². The second-order valence-corrected chi connectivity index (χ2v) is 5.24. The fourth-order valence-corrected chi connectivity index (χ4v) is 1.37. The second kappa shape index (κ2) is 6.07. The minimum absolute atomic E-state index is 0.0224. The molecule has 0 saturated heterocycles. The predicted molar refractivity (Wildman–Crippen MR) is 55.8 cm³/mol. The van der Waals surface area contributed by atoms with Crippen LogP contribution in [0, 0.1) is 11.8 Å². The van der Waals surface area contributed by atoms with Gasteiger partial charge in [0.2, 0.25) is 0 Å². The number of carbonyl (C=O) groups is 1. The number of hydrogen-bond acceptors (Lipinski definition) is 5. The van der Waals surface area contributed by atoms with Gasteiger partial charge < -0.3 is 4.74 Å². The Labute approximate surface area is 90.9 Å². The molecule has 0 aliphatic carbocycles. The molecule has 0 rings (SSSR count). The third-order valence-electron chi connectivity index (χ3n) is 1.86. The van der Waals surface area contributed by atoms with Crippen LogP contribution >= 0.6 is 0 Å². The molecule has 0 aliphatic heterocycles. The third-order valence-corrected chi connectivity index (χ3v) is 2.42. The molecule has 0 N–H and O–H groups in total. The quantitative estimate of drug-likeness (QED) is 0.505.